The summed E-state index contributed by atoms with van der Waals surface area (Å²) in [7, 11) is 0. The third kappa shape index (κ3) is 4.08. The Kier molecular flexibility index (Phi) is 5.45. The Bertz CT molecular complexity index is 423. The largest absolute Gasteiger partial charge is 0.376 e. The van der Waals surface area contributed by atoms with Crippen molar-refractivity contribution in [1.82, 2.24) is 9.97 Å². The number of hydrogen-bond donors (Lipinski definition) is 1. The Labute approximate surface area is 119 Å². The van der Waals surface area contributed by atoms with Crippen LogP contribution in [0.4, 0.5) is 5.82 Å². The van der Waals surface area contributed by atoms with Crippen molar-refractivity contribution in [3.05, 3.63) is 17.1 Å². The Morgan fingerprint density at radius 2 is 2.21 bits per heavy atom. The quantitative estimate of drug-likeness (QED) is 0.869. The van der Waals surface area contributed by atoms with E-state index in [9.17, 15) is 0 Å². The lowest BCUT2D eigenvalue weighted by Gasteiger charge is -2.19. The van der Waals surface area contributed by atoms with Crippen LogP contribution in [0.2, 0.25) is 0 Å². The third-order valence-electron chi connectivity index (χ3n) is 2.90. The standard InChI is InChI=1S/C14H23N3OS/c1-4-15-14-11-7-18-6-5-12(11)16-13(17-14)9-19-8-10(2)3/h10H,4-9H2,1-3H3,(H,15,16,17). The molecule has 0 saturated carbocycles. The molecule has 0 aromatic carbocycles. The van der Waals surface area contributed by atoms with Gasteiger partial charge in [0.1, 0.15) is 11.6 Å². The van der Waals surface area contributed by atoms with Crippen LogP contribution in [0.25, 0.3) is 0 Å². The van der Waals surface area contributed by atoms with Gasteiger partial charge in [-0.3, -0.25) is 0 Å². The zero-order valence-electron chi connectivity index (χ0n) is 12.0. The Hall–Kier alpha value is -0.810. The normalized spacial score (nSPS) is 14.5. The van der Waals surface area contributed by atoms with Gasteiger partial charge in [-0.1, -0.05) is 13.8 Å². The first kappa shape index (κ1) is 14.6. The van der Waals surface area contributed by atoms with Gasteiger partial charge in [-0.05, 0) is 18.6 Å². The molecule has 0 atom stereocenters. The summed E-state index contributed by atoms with van der Waals surface area (Å²) in [6.07, 6.45) is 0.901. The minimum Gasteiger partial charge on any atom is -0.376 e. The molecular weight excluding hydrogens is 258 g/mol. The molecule has 1 aromatic rings. The van der Waals surface area contributed by atoms with Crippen LogP contribution in [-0.2, 0) is 23.5 Å². The molecule has 2 rings (SSSR count). The second-order valence-electron chi connectivity index (χ2n) is 5.16. The van der Waals surface area contributed by atoms with Crippen LogP contribution in [-0.4, -0.2) is 28.9 Å². The molecule has 19 heavy (non-hydrogen) atoms. The maximum absolute atomic E-state index is 5.51. The van der Waals surface area contributed by atoms with Crippen LogP contribution in [0.1, 0.15) is 37.9 Å². The fourth-order valence-electron chi connectivity index (χ4n) is 2.05. The Morgan fingerprint density at radius 1 is 1.37 bits per heavy atom. The maximum Gasteiger partial charge on any atom is 0.140 e. The predicted molar refractivity (Wildman–Crippen MR) is 80.6 cm³/mol. The van der Waals surface area contributed by atoms with Gasteiger partial charge in [-0.25, -0.2) is 9.97 Å². The fraction of sp³-hybridized carbons (Fsp3) is 0.714. The monoisotopic (exact) mass is 281 g/mol. The molecule has 4 nitrogen and oxygen atoms in total. The smallest absolute Gasteiger partial charge is 0.140 e. The second kappa shape index (κ2) is 7.10. The minimum absolute atomic E-state index is 0.636. The predicted octanol–water partition coefficient (Wildman–Crippen LogP) is 2.87. The van der Waals surface area contributed by atoms with Gasteiger partial charge in [-0.2, -0.15) is 11.8 Å². The molecule has 2 heterocycles. The van der Waals surface area contributed by atoms with E-state index in [-0.39, 0.29) is 0 Å². The molecule has 0 radical (unpaired) electrons. The molecule has 0 bridgehead atoms. The molecule has 0 fully saturated rings. The molecule has 1 aliphatic rings. The van der Waals surface area contributed by atoms with Gasteiger partial charge >= 0.3 is 0 Å². The summed E-state index contributed by atoms with van der Waals surface area (Å²) in [5.41, 5.74) is 2.31. The van der Waals surface area contributed by atoms with E-state index in [0.29, 0.717) is 12.5 Å². The molecule has 1 aromatic heterocycles. The average Bonchev–Trinajstić information content (AvgIpc) is 2.39. The molecule has 0 unspecified atom stereocenters. The number of anilines is 1. The summed E-state index contributed by atoms with van der Waals surface area (Å²) >= 11 is 1.91. The molecular formula is C14H23N3OS. The molecule has 5 heteroatoms. The summed E-state index contributed by atoms with van der Waals surface area (Å²) in [6, 6.07) is 0. The Balaban J connectivity index is 2.13. The highest BCUT2D eigenvalue weighted by Gasteiger charge is 2.17. The van der Waals surface area contributed by atoms with Gasteiger partial charge in [0.2, 0.25) is 0 Å². The molecule has 0 aliphatic carbocycles. The topological polar surface area (TPSA) is 47.0 Å². The van der Waals surface area contributed by atoms with Gasteiger partial charge < -0.3 is 10.1 Å². The molecule has 1 N–H and O–H groups in total. The van der Waals surface area contributed by atoms with Crippen molar-refractivity contribution in [2.45, 2.75) is 39.6 Å². The fourth-order valence-corrected chi connectivity index (χ4v) is 2.95. The van der Waals surface area contributed by atoms with Gasteiger partial charge in [-0.15, -0.1) is 0 Å². The van der Waals surface area contributed by atoms with Crippen molar-refractivity contribution >= 4 is 17.6 Å². The van der Waals surface area contributed by atoms with E-state index >= 15 is 0 Å². The van der Waals surface area contributed by atoms with E-state index in [1.54, 1.807) is 0 Å². The number of thioether (sulfide) groups is 1. The summed E-state index contributed by atoms with van der Waals surface area (Å²) in [5.74, 6) is 4.67. The first-order valence-electron chi connectivity index (χ1n) is 6.98. The molecule has 0 amide bonds. The van der Waals surface area contributed by atoms with Crippen molar-refractivity contribution < 1.29 is 4.74 Å². The lowest BCUT2D eigenvalue weighted by molar-refractivity contribution is 0.109. The van der Waals surface area contributed by atoms with E-state index in [2.05, 4.69) is 31.1 Å². The second-order valence-corrected chi connectivity index (χ2v) is 6.19. The van der Waals surface area contributed by atoms with Gasteiger partial charge in [0.25, 0.3) is 0 Å². The summed E-state index contributed by atoms with van der Waals surface area (Å²) in [6.45, 7) is 8.85. The highest BCUT2D eigenvalue weighted by atomic mass is 32.2. The van der Waals surface area contributed by atoms with Crippen molar-refractivity contribution in [1.29, 1.82) is 0 Å². The minimum atomic E-state index is 0.636. The first-order chi connectivity index (χ1) is 9.20. The molecule has 1 aliphatic heterocycles. The number of fused-ring (bicyclic) bond motifs is 1. The third-order valence-corrected chi connectivity index (χ3v) is 4.26. The SMILES string of the molecule is CCNc1nc(CSCC(C)C)nc2c1COCC2. The van der Waals surface area contributed by atoms with Crippen molar-refractivity contribution in [2.24, 2.45) is 5.92 Å². The number of hydrogen-bond acceptors (Lipinski definition) is 5. The first-order valence-corrected chi connectivity index (χ1v) is 8.14. The van der Waals surface area contributed by atoms with Crippen molar-refractivity contribution in [3.63, 3.8) is 0 Å². The zero-order valence-corrected chi connectivity index (χ0v) is 12.8. The summed E-state index contributed by atoms with van der Waals surface area (Å²) in [5, 5.41) is 3.33. The summed E-state index contributed by atoms with van der Waals surface area (Å²) in [4.78, 5) is 9.35. The number of aromatic nitrogens is 2. The van der Waals surface area contributed by atoms with Crippen molar-refractivity contribution in [2.75, 3.05) is 24.2 Å². The van der Waals surface area contributed by atoms with E-state index in [0.717, 1.165) is 54.0 Å². The van der Waals surface area contributed by atoms with Crippen LogP contribution in [0.3, 0.4) is 0 Å². The highest BCUT2D eigenvalue weighted by molar-refractivity contribution is 7.98. The summed E-state index contributed by atoms with van der Waals surface area (Å²) < 4.78 is 5.51. The van der Waals surface area contributed by atoms with Gasteiger partial charge in [0.15, 0.2) is 0 Å². The van der Waals surface area contributed by atoms with Crippen LogP contribution in [0.5, 0.6) is 0 Å². The van der Waals surface area contributed by atoms with Crippen LogP contribution < -0.4 is 5.32 Å². The molecule has 0 saturated heterocycles. The van der Waals surface area contributed by atoms with Gasteiger partial charge in [0.05, 0.1) is 24.7 Å². The molecule has 0 spiro atoms. The molecule has 106 valence electrons. The van der Waals surface area contributed by atoms with Gasteiger partial charge in [0, 0.05) is 18.5 Å². The maximum atomic E-state index is 5.51. The van der Waals surface area contributed by atoms with Crippen LogP contribution in [0.15, 0.2) is 0 Å². The lowest BCUT2D eigenvalue weighted by atomic mass is 10.1. The van der Waals surface area contributed by atoms with Crippen molar-refractivity contribution in [3.8, 4) is 0 Å². The Morgan fingerprint density at radius 3 is 2.95 bits per heavy atom. The van der Waals surface area contributed by atoms with E-state index in [1.807, 2.05) is 11.8 Å². The lowest BCUT2D eigenvalue weighted by Crippen LogP contribution is -2.18. The van der Waals surface area contributed by atoms with E-state index in [1.165, 1.54) is 0 Å². The average molecular weight is 281 g/mol. The van der Waals surface area contributed by atoms with Crippen LogP contribution >= 0.6 is 11.8 Å². The highest BCUT2D eigenvalue weighted by Crippen LogP contribution is 2.23. The van der Waals surface area contributed by atoms with E-state index in [4.69, 9.17) is 9.72 Å². The van der Waals surface area contributed by atoms with Crippen LogP contribution in [0, 0.1) is 5.92 Å². The number of ether oxygens (including phenoxy) is 1. The number of nitrogens with zero attached hydrogens (tertiary/aromatic N) is 2. The zero-order chi connectivity index (χ0) is 13.7. The number of rotatable bonds is 6. The number of nitrogens with one attached hydrogen (secondary N) is 1. The van der Waals surface area contributed by atoms with E-state index < -0.39 is 0 Å².